The summed E-state index contributed by atoms with van der Waals surface area (Å²) < 4.78 is 12.1. The fourth-order valence-electron chi connectivity index (χ4n) is 4.86. The molecular weight excluding hydrogens is 544 g/mol. The number of nitrogens with one attached hydrogen (secondary N) is 1. The predicted octanol–water partition coefficient (Wildman–Crippen LogP) is 2.54. The summed E-state index contributed by atoms with van der Waals surface area (Å²) in [6, 6.07) is 11.1. The molecular formula is C26H24N4O7S2. The first-order chi connectivity index (χ1) is 18.6. The topological polar surface area (TPSA) is 150 Å². The van der Waals surface area contributed by atoms with E-state index in [4.69, 9.17) is 15.2 Å². The van der Waals surface area contributed by atoms with Crippen molar-refractivity contribution in [3.05, 3.63) is 68.1 Å². The zero-order valence-corrected chi connectivity index (χ0v) is 22.8. The van der Waals surface area contributed by atoms with Gasteiger partial charge in [-0.05, 0) is 36.8 Å². The minimum atomic E-state index is -1.16. The lowest BCUT2D eigenvalue weighted by Gasteiger charge is -2.31. The van der Waals surface area contributed by atoms with Crippen LogP contribution in [0.5, 0.6) is 11.5 Å². The number of imide groups is 3. The van der Waals surface area contributed by atoms with Crippen LogP contribution in [0, 0.1) is 12.8 Å². The first-order valence-electron chi connectivity index (χ1n) is 11.8. The number of rotatable bonds is 6. The Labute approximate surface area is 230 Å². The summed E-state index contributed by atoms with van der Waals surface area (Å²) in [5, 5.41) is 2.14. The third-order valence-corrected chi connectivity index (χ3v) is 9.28. The van der Waals surface area contributed by atoms with E-state index in [1.807, 2.05) is 19.1 Å². The molecule has 3 N–H and O–H groups in total. The summed E-state index contributed by atoms with van der Waals surface area (Å²) in [4.78, 5) is 65.2. The van der Waals surface area contributed by atoms with Gasteiger partial charge in [0.05, 0.1) is 25.2 Å². The van der Waals surface area contributed by atoms with E-state index in [-0.39, 0.29) is 6.54 Å². The third kappa shape index (κ3) is 4.57. The lowest BCUT2D eigenvalue weighted by Crippen LogP contribution is -2.41. The molecule has 2 aliphatic heterocycles. The zero-order valence-electron chi connectivity index (χ0n) is 21.1. The largest absolute Gasteiger partial charge is 0.493 e. The van der Waals surface area contributed by atoms with Gasteiger partial charge in [-0.2, -0.15) is 4.90 Å². The van der Waals surface area contributed by atoms with Crippen molar-refractivity contribution in [3.63, 3.8) is 0 Å². The van der Waals surface area contributed by atoms with Gasteiger partial charge in [0.1, 0.15) is 11.8 Å². The number of methoxy groups -OCH3 is 2. The number of ether oxygens (including phenoxy) is 2. The summed E-state index contributed by atoms with van der Waals surface area (Å²) in [5.74, 6) is -2.85. The fraction of sp³-hybridized carbons (Fsp3) is 0.269. The summed E-state index contributed by atoms with van der Waals surface area (Å²) in [5.41, 5.74) is 7.56. The van der Waals surface area contributed by atoms with Crippen molar-refractivity contribution in [1.29, 1.82) is 0 Å². The molecule has 1 saturated heterocycles. The number of thiazole rings is 1. The summed E-state index contributed by atoms with van der Waals surface area (Å²) >= 11 is 1.88. The maximum absolute atomic E-state index is 13.3. The van der Waals surface area contributed by atoms with E-state index < -0.39 is 45.7 Å². The van der Waals surface area contributed by atoms with E-state index in [9.17, 15) is 24.0 Å². The molecule has 5 amide bonds. The number of carbonyl (C=O) groups excluding carboxylic acids is 4. The average Bonchev–Trinajstić information content (AvgIpc) is 3.35. The SMILES string of the molecule is COc1ccc([C@@H]2c3sc(=O)n(CC(=O)Nc4ccc(C)cc4)c3S[C@@H]3C(=O)N(C(N)=O)C(=O)[C@H]23)cc1OC. The lowest BCUT2D eigenvalue weighted by atomic mass is 9.83. The molecule has 0 aliphatic carbocycles. The number of nitrogens with two attached hydrogens (primary N) is 1. The fourth-order valence-corrected chi connectivity index (χ4v) is 7.63. The number of amides is 5. The molecule has 3 aromatic rings. The minimum absolute atomic E-state index is 0.302. The quantitative estimate of drug-likeness (QED) is 0.431. The number of primary amides is 1. The molecule has 39 heavy (non-hydrogen) atoms. The van der Waals surface area contributed by atoms with Gasteiger partial charge in [-0.25, -0.2) is 4.79 Å². The predicted molar refractivity (Wildman–Crippen MR) is 144 cm³/mol. The van der Waals surface area contributed by atoms with E-state index in [2.05, 4.69) is 5.32 Å². The number of anilines is 1. The molecule has 0 radical (unpaired) electrons. The van der Waals surface area contributed by atoms with E-state index in [1.54, 1.807) is 30.3 Å². The van der Waals surface area contributed by atoms with Crippen LogP contribution < -0.4 is 25.4 Å². The van der Waals surface area contributed by atoms with Crippen molar-refractivity contribution in [2.45, 2.75) is 29.7 Å². The van der Waals surface area contributed by atoms with Crippen LogP contribution in [0.3, 0.4) is 0 Å². The van der Waals surface area contributed by atoms with Gasteiger partial charge in [-0.1, -0.05) is 46.9 Å². The third-order valence-electron chi connectivity index (χ3n) is 6.67. The average molecular weight is 569 g/mol. The second-order valence-corrected chi connectivity index (χ2v) is 11.2. The van der Waals surface area contributed by atoms with E-state index >= 15 is 0 Å². The summed E-state index contributed by atoms with van der Waals surface area (Å²) in [7, 11) is 2.95. The second-order valence-electron chi connectivity index (χ2n) is 9.04. The number of likely N-dealkylation sites (tertiary alicyclic amines) is 1. The highest BCUT2D eigenvalue weighted by Gasteiger charge is 2.58. The number of hydrogen-bond donors (Lipinski definition) is 2. The molecule has 3 heterocycles. The van der Waals surface area contributed by atoms with Crippen LogP contribution in [0.1, 0.15) is 21.9 Å². The Bertz CT molecular complexity index is 1560. The molecule has 3 atom stereocenters. The molecule has 202 valence electrons. The number of aryl methyl sites for hydroxylation is 1. The minimum Gasteiger partial charge on any atom is -0.493 e. The van der Waals surface area contributed by atoms with Gasteiger partial charge in [-0.15, -0.1) is 0 Å². The number of carbonyl (C=O) groups is 4. The number of urea groups is 1. The molecule has 0 bridgehead atoms. The molecule has 1 aromatic heterocycles. The van der Waals surface area contributed by atoms with Gasteiger partial charge in [0.2, 0.25) is 11.8 Å². The van der Waals surface area contributed by atoms with Crippen molar-refractivity contribution in [2.24, 2.45) is 11.7 Å². The maximum atomic E-state index is 13.3. The first-order valence-corrected chi connectivity index (χ1v) is 13.5. The smallest absolute Gasteiger partial charge is 0.328 e. The number of nitrogens with zero attached hydrogens (tertiary/aromatic N) is 2. The standard InChI is InChI=1S/C26H24N4O7S2/c1-12-4-7-14(8-5-12)28-17(31)11-29-24-21(39-26(29)35)18(13-6-9-15(36-2)16(10-13)37-3)19-20(38-24)23(33)30(22(19)32)25(27)34/h4-10,18-20H,11H2,1-3H3,(H2,27,34)(H,28,31)/t18-,19+,20-/m0/s1. The van der Waals surface area contributed by atoms with Gasteiger partial charge in [-0.3, -0.25) is 23.7 Å². The van der Waals surface area contributed by atoms with E-state index in [1.165, 1.54) is 18.8 Å². The molecule has 5 rings (SSSR count). The highest BCUT2D eigenvalue weighted by molar-refractivity contribution is 8.00. The van der Waals surface area contributed by atoms with Crippen LogP contribution in [0.2, 0.25) is 0 Å². The molecule has 1 fully saturated rings. The van der Waals surface area contributed by atoms with Crippen LogP contribution >= 0.6 is 23.1 Å². The Morgan fingerprint density at radius 3 is 2.33 bits per heavy atom. The van der Waals surface area contributed by atoms with Crippen LogP contribution in [0.4, 0.5) is 10.5 Å². The number of hydrogen-bond acceptors (Lipinski definition) is 9. The molecule has 11 nitrogen and oxygen atoms in total. The Morgan fingerprint density at radius 1 is 1.00 bits per heavy atom. The van der Waals surface area contributed by atoms with Crippen molar-refractivity contribution in [1.82, 2.24) is 9.47 Å². The van der Waals surface area contributed by atoms with Gasteiger partial charge >= 0.3 is 10.9 Å². The molecule has 2 aliphatic rings. The van der Waals surface area contributed by atoms with Crippen LogP contribution in [0.25, 0.3) is 0 Å². The van der Waals surface area contributed by atoms with Gasteiger partial charge in [0, 0.05) is 16.5 Å². The number of benzene rings is 2. The van der Waals surface area contributed by atoms with Crippen molar-refractivity contribution in [3.8, 4) is 11.5 Å². The Morgan fingerprint density at radius 2 is 1.69 bits per heavy atom. The number of fused-ring (bicyclic) bond motifs is 2. The first kappa shape index (κ1) is 26.5. The summed E-state index contributed by atoms with van der Waals surface area (Å²) in [6.07, 6.45) is 0. The normalized spacial score (nSPS) is 19.9. The Kier molecular flexibility index (Phi) is 6.95. The second kappa shape index (κ2) is 10.2. The lowest BCUT2D eigenvalue weighted by molar-refractivity contribution is -0.135. The van der Waals surface area contributed by atoms with E-state index in [0.717, 1.165) is 28.7 Å². The highest BCUT2D eigenvalue weighted by Crippen LogP contribution is 2.54. The van der Waals surface area contributed by atoms with Crippen molar-refractivity contribution < 1.29 is 28.7 Å². The number of aromatic nitrogens is 1. The van der Waals surface area contributed by atoms with Crippen LogP contribution in [-0.4, -0.2) is 52.7 Å². The van der Waals surface area contributed by atoms with Crippen LogP contribution in [0.15, 0.2) is 52.3 Å². The summed E-state index contributed by atoms with van der Waals surface area (Å²) in [6.45, 7) is 1.62. The monoisotopic (exact) mass is 568 g/mol. The molecule has 0 spiro atoms. The molecule has 13 heteroatoms. The number of thioether (sulfide) groups is 1. The maximum Gasteiger partial charge on any atom is 0.328 e. The molecule has 0 saturated carbocycles. The van der Waals surface area contributed by atoms with Crippen LogP contribution in [-0.2, 0) is 20.9 Å². The van der Waals surface area contributed by atoms with Crippen molar-refractivity contribution in [2.75, 3.05) is 19.5 Å². The molecule has 2 aromatic carbocycles. The van der Waals surface area contributed by atoms with Gasteiger partial charge in [0.15, 0.2) is 11.5 Å². The Balaban J connectivity index is 1.59. The zero-order chi connectivity index (χ0) is 28.0. The Hall–Kier alpha value is -4.10. The van der Waals surface area contributed by atoms with Gasteiger partial charge in [0.25, 0.3) is 5.91 Å². The molecule has 0 unspecified atom stereocenters. The highest BCUT2D eigenvalue weighted by atomic mass is 32.2. The van der Waals surface area contributed by atoms with Gasteiger partial charge < -0.3 is 20.5 Å². The van der Waals surface area contributed by atoms with Crippen molar-refractivity contribution >= 4 is 52.5 Å². The van der Waals surface area contributed by atoms with E-state index in [0.29, 0.717) is 37.6 Å².